The molecule has 1 saturated heterocycles. The van der Waals surface area contributed by atoms with E-state index in [9.17, 15) is 8.42 Å². The van der Waals surface area contributed by atoms with Gasteiger partial charge < -0.3 is 4.42 Å². The van der Waals surface area contributed by atoms with Crippen LogP contribution in [0.4, 0.5) is 0 Å². The number of benzene rings is 1. The highest BCUT2D eigenvalue weighted by Gasteiger charge is 2.29. The van der Waals surface area contributed by atoms with Crippen molar-refractivity contribution < 1.29 is 12.8 Å². The van der Waals surface area contributed by atoms with E-state index in [1.807, 2.05) is 38.1 Å². The standard InChI is InChI=1S/C15H21N5O3S/c1-11-3-5-13(6-4-11)15-18-17-14(23-15)12(2)19-7-9-20(10-8-19)24(16,21)22/h3-6,12H,7-10H2,1-2H3,(H2,16,21,22). The van der Waals surface area contributed by atoms with Crippen molar-refractivity contribution in [1.82, 2.24) is 19.4 Å². The molecule has 1 aromatic heterocycles. The normalized spacial score (nSPS) is 18.6. The van der Waals surface area contributed by atoms with Crippen LogP contribution in [-0.2, 0) is 10.2 Å². The minimum absolute atomic E-state index is 0.0840. The third kappa shape index (κ3) is 3.64. The van der Waals surface area contributed by atoms with Crippen molar-refractivity contribution in [2.24, 2.45) is 5.14 Å². The van der Waals surface area contributed by atoms with Gasteiger partial charge in [-0.3, -0.25) is 4.90 Å². The summed E-state index contributed by atoms with van der Waals surface area (Å²) in [5, 5.41) is 13.4. The molecular formula is C15H21N5O3S. The van der Waals surface area contributed by atoms with E-state index < -0.39 is 10.2 Å². The van der Waals surface area contributed by atoms with Crippen LogP contribution in [-0.4, -0.2) is 54.0 Å². The molecule has 2 heterocycles. The number of hydrogen-bond donors (Lipinski definition) is 1. The van der Waals surface area contributed by atoms with Crippen LogP contribution in [0.15, 0.2) is 28.7 Å². The Morgan fingerprint density at radius 2 is 1.75 bits per heavy atom. The molecule has 24 heavy (non-hydrogen) atoms. The second kappa shape index (κ2) is 6.60. The lowest BCUT2D eigenvalue weighted by molar-refractivity contribution is 0.129. The van der Waals surface area contributed by atoms with Gasteiger partial charge in [-0.2, -0.15) is 12.7 Å². The number of hydrogen-bond acceptors (Lipinski definition) is 6. The zero-order valence-corrected chi connectivity index (χ0v) is 14.5. The second-order valence-corrected chi connectivity index (χ2v) is 7.51. The number of rotatable bonds is 4. The summed E-state index contributed by atoms with van der Waals surface area (Å²) in [6, 6.07) is 7.80. The topological polar surface area (TPSA) is 106 Å². The van der Waals surface area contributed by atoms with Gasteiger partial charge in [0.05, 0.1) is 6.04 Å². The first kappa shape index (κ1) is 17.0. The summed E-state index contributed by atoms with van der Waals surface area (Å²) in [6.07, 6.45) is 0. The number of nitrogens with two attached hydrogens (primary N) is 1. The molecule has 1 aliphatic rings. The van der Waals surface area contributed by atoms with Crippen molar-refractivity contribution >= 4 is 10.2 Å². The Labute approximate surface area is 141 Å². The number of piperazine rings is 1. The number of aryl methyl sites for hydroxylation is 1. The Morgan fingerprint density at radius 3 is 2.33 bits per heavy atom. The summed E-state index contributed by atoms with van der Waals surface area (Å²) < 4.78 is 29.8. The Kier molecular flexibility index (Phi) is 4.68. The zero-order chi connectivity index (χ0) is 17.3. The van der Waals surface area contributed by atoms with Gasteiger partial charge in [-0.05, 0) is 26.0 Å². The highest BCUT2D eigenvalue weighted by molar-refractivity contribution is 7.86. The fourth-order valence-electron chi connectivity index (χ4n) is 2.72. The maximum absolute atomic E-state index is 11.4. The summed E-state index contributed by atoms with van der Waals surface area (Å²) >= 11 is 0. The first-order valence-corrected chi connectivity index (χ1v) is 9.27. The molecule has 1 unspecified atom stereocenters. The third-order valence-electron chi connectivity index (χ3n) is 4.28. The molecule has 0 aliphatic carbocycles. The van der Waals surface area contributed by atoms with Gasteiger partial charge in [0.1, 0.15) is 0 Å². The maximum Gasteiger partial charge on any atom is 0.276 e. The molecule has 0 radical (unpaired) electrons. The average Bonchev–Trinajstić information content (AvgIpc) is 3.04. The molecular weight excluding hydrogens is 330 g/mol. The molecule has 2 aromatic rings. The lowest BCUT2D eigenvalue weighted by Gasteiger charge is -2.35. The van der Waals surface area contributed by atoms with Crippen molar-refractivity contribution in [2.75, 3.05) is 26.2 Å². The molecule has 0 saturated carbocycles. The van der Waals surface area contributed by atoms with Gasteiger partial charge in [0.2, 0.25) is 11.8 Å². The van der Waals surface area contributed by atoms with Crippen LogP contribution in [0.2, 0.25) is 0 Å². The minimum Gasteiger partial charge on any atom is -0.419 e. The fraction of sp³-hybridized carbons (Fsp3) is 0.467. The summed E-state index contributed by atoms with van der Waals surface area (Å²) in [7, 11) is -3.62. The first-order valence-electron chi connectivity index (χ1n) is 7.77. The van der Waals surface area contributed by atoms with Crippen LogP contribution in [0.1, 0.15) is 24.4 Å². The first-order chi connectivity index (χ1) is 11.3. The predicted octanol–water partition coefficient (Wildman–Crippen LogP) is 0.927. The minimum atomic E-state index is -3.62. The molecule has 1 aliphatic heterocycles. The SMILES string of the molecule is Cc1ccc(-c2nnc(C(C)N3CCN(S(N)(=O)=O)CC3)o2)cc1. The van der Waals surface area contributed by atoms with Crippen molar-refractivity contribution in [3.63, 3.8) is 0 Å². The van der Waals surface area contributed by atoms with Gasteiger partial charge in [0, 0.05) is 31.7 Å². The fourth-order valence-corrected chi connectivity index (χ4v) is 3.39. The average molecular weight is 351 g/mol. The van der Waals surface area contributed by atoms with E-state index in [-0.39, 0.29) is 6.04 Å². The van der Waals surface area contributed by atoms with Crippen molar-refractivity contribution in [3.05, 3.63) is 35.7 Å². The van der Waals surface area contributed by atoms with Crippen LogP contribution in [0, 0.1) is 6.92 Å². The molecule has 1 aromatic carbocycles. The molecule has 9 heteroatoms. The Hall–Kier alpha value is -1.81. The summed E-state index contributed by atoms with van der Waals surface area (Å²) in [5.74, 6) is 1.01. The Bertz CT molecular complexity index is 795. The quantitative estimate of drug-likeness (QED) is 0.878. The third-order valence-corrected chi connectivity index (χ3v) is 5.36. The molecule has 0 bridgehead atoms. The molecule has 1 atom stereocenters. The molecule has 2 N–H and O–H groups in total. The maximum atomic E-state index is 11.4. The molecule has 1 fully saturated rings. The number of aromatic nitrogens is 2. The van der Waals surface area contributed by atoms with Gasteiger partial charge in [0.25, 0.3) is 10.2 Å². The van der Waals surface area contributed by atoms with Gasteiger partial charge in [0.15, 0.2) is 0 Å². The molecule has 0 spiro atoms. The van der Waals surface area contributed by atoms with Crippen molar-refractivity contribution in [3.8, 4) is 11.5 Å². The van der Waals surface area contributed by atoms with Crippen molar-refractivity contribution in [1.29, 1.82) is 0 Å². The van der Waals surface area contributed by atoms with E-state index in [2.05, 4.69) is 15.1 Å². The second-order valence-electron chi connectivity index (χ2n) is 5.97. The van der Waals surface area contributed by atoms with E-state index in [4.69, 9.17) is 9.56 Å². The molecule has 130 valence electrons. The van der Waals surface area contributed by atoms with Gasteiger partial charge in [-0.25, -0.2) is 5.14 Å². The largest absolute Gasteiger partial charge is 0.419 e. The van der Waals surface area contributed by atoms with Crippen LogP contribution in [0.3, 0.4) is 0 Å². The Balaban J connectivity index is 1.68. The Morgan fingerprint density at radius 1 is 1.12 bits per heavy atom. The van der Waals surface area contributed by atoms with E-state index in [0.29, 0.717) is 38.0 Å². The molecule has 3 rings (SSSR count). The lowest BCUT2D eigenvalue weighted by atomic mass is 10.1. The molecule has 8 nitrogen and oxygen atoms in total. The highest BCUT2D eigenvalue weighted by Crippen LogP contribution is 2.25. The van der Waals surface area contributed by atoms with Crippen molar-refractivity contribution in [2.45, 2.75) is 19.9 Å². The predicted molar refractivity (Wildman–Crippen MR) is 89.1 cm³/mol. The molecule has 0 amide bonds. The highest BCUT2D eigenvalue weighted by atomic mass is 32.2. The van der Waals surface area contributed by atoms with E-state index >= 15 is 0 Å². The number of nitrogens with zero attached hydrogens (tertiary/aromatic N) is 4. The van der Waals surface area contributed by atoms with Gasteiger partial charge in [-0.15, -0.1) is 10.2 Å². The van der Waals surface area contributed by atoms with Crippen LogP contribution >= 0.6 is 0 Å². The van der Waals surface area contributed by atoms with Crippen LogP contribution < -0.4 is 5.14 Å². The van der Waals surface area contributed by atoms with Gasteiger partial charge in [-0.1, -0.05) is 17.7 Å². The lowest BCUT2D eigenvalue weighted by Crippen LogP contribution is -2.51. The summed E-state index contributed by atoms with van der Waals surface area (Å²) in [4.78, 5) is 2.11. The van der Waals surface area contributed by atoms with E-state index in [1.165, 1.54) is 9.87 Å². The van der Waals surface area contributed by atoms with E-state index in [1.54, 1.807) is 0 Å². The van der Waals surface area contributed by atoms with Gasteiger partial charge >= 0.3 is 0 Å². The van der Waals surface area contributed by atoms with Crippen LogP contribution in [0.5, 0.6) is 0 Å². The summed E-state index contributed by atoms with van der Waals surface area (Å²) in [6.45, 7) is 5.86. The smallest absolute Gasteiger partial charge is 0.276 e. The zero-order valence-electron chi connectivity index (χ0n) is 13.7. The monoisotopic (exact) mass is 351 g/mol. The van der Waals surface area contributed by atoms with E-state index in [0.717, 1.165) is 5.56 Å². The van der Waals surface area contributed by atoms with Crippen LogP contribution in [0.25, 0.3) is 11.5 Å². The summed E-state index contributed by atoms with van der Waals surface area (Å²) in [5.41, 5.74) is 2.05.